The van der Waals surface area contributed by atoms with E-state index in [1.54, 1.807) is 26.4 Å². The molecule has 4 aromatic carbocycles. The van der Waals surface area contributed by atoms with Crippen LogP contribution in [-0.4, -0.2) is 19.1 Å². The number of rotatable bonds is 8. The van der Waals surface area contributed by atoms with Gasteiger partial charge in [-0.25, -0.2) is 0 Å². The topological polar surface area (TPSA) is 89.6 Å². The van der Waals surface area contributed by atoms with Crippen molar-refractivity contribution in [2.75, 3.05) is 19.1 Å². The lowest BCUT2D eigenvalue weighted by molar-refractivity contribution is -0.384. The number of benzene rings is 4. The smallest absolute Gasteiger partial charge is 0.269 e. The van der Waals surface area contributed by atoms with Gasteiger partial charge in [0.15, 0.2) is 0 Å². The lowest BCUT2D eigenvalue weighted by atomic mass is 10.1. The van der Waals surface area contributed by atoms with E-state index in [-0.39, 0.29) is 5.69 Å². The van der Waals surface area contributed by atoms with Crippen molar-refractivity contribution in [1.29, 1.82) is 0 Å². The molecule has 0 aliphatic carbocycles. The Balaban J connectivity index is 1.61. The molecule has 0 N–H and O–H groups in total. The molecule has 0 aliphatic rings. The molecule has 4 rings (SSSR count). The van der Waals surface area contributed by atoms with E-state index in [9.17, 15) is 10.1 Å². The Morgan fingerprint density at radius 3 is 1.32 bits per heavy atom. The molecule has 8 nitrogen and oxygen atoms in total. The van der Waals surface area contributed by atoms with Crippen molar-refractivity contribution in [1.82, 2.24) is 0 Å². The molecule has 0 aromatic heterocycles. The number of anilines is 3. The molecule has 4 aromatic rings. The van der Waals surface area contributed by atoms with Crippen LogP contribution in [0.5, 0.6) is 11.5 Å². The van der Waals surface area contributed by atoms with Crippen molar-refractivity contribution < 1.29 is 14.4 Å². The zero-order valence-electron chi connectivity index (χ0n) is 18.7. The third kappa shape index (κ3) is 5.18. The number of hydrogen-bond donors (Lipinski definition) is 0. The number of non-ortho nitro benzene ring substituents is 1. The van der Waals surface area contributed by atoms with Gasteiger partial charge in [-0.2, -0.15) is 10.2 Å². The Labute approximate surface area is 196 Å². The van der Waals surface area contributed by atoms with Crippen molar-refractivity contribution in [2.45, 2.75) is 0 Å². The fourth-order valence-corrected chi connectivity index (χ4v) is 3.33. The van der Waals surface area contributed by atoms with E-state index in [1.165, 1.54) is 12.1 Å². The van der Waals surface area contributed by atoms with Crippen LogP contribution in [0.1, 0.15) is 0 Å². The fraction of sp³-hybridized carbons (Fsp3) is 0.0769. The zero-order valence-corrected chi connectivity index (χ0v) is 18.7. The Morgan fingerprint density at radius 1 is 0.618 bits per heavy atom. The Bertz CT molecular complexity index is 1220. The lowest BCUT2D eigenvalue weighted by Gasteiger charge is -2.25. The van der Waals surface area contributed by atoms with Crippen LogP contribution in [0.4, 0.5) is 34.1 Å². The summed E-state index contributed by atoms with van der Waals surface area (Å²) in [4.78, 5) is 12.4. The maximum atomic E-state index is 10.8. The molecule has 0 bridgehead atoms. The van der Waals surface area contributed by atoms with Crippen LogP contribution in [0, 0.1) is 10.1 Å². The van der Waals surface area contributed by atoms with E-state index in [0.29, 0.717) is 11.4 Å². The first-order chi connectivity index (χ1) is 16.6. The number of hydrogen-bond acceptors (Lipinski definition) is 7. The second-order valence-corrected chi connectivity index (χ2v) is 7.22. The van der Waals surface area contributed by atoms with Crippen LogP contribution in [0.15, 0.2) is 107 Å². The summed E-state index contributed by atoms with van der Waals surface area (Å²) < 4.78 is 10.6. The first-order valence-electron chi connectivity index (χ1n) is 10.4. The number of methoxy groups -OCH3 is 2. The summed E-state index contributed by atoms with van der Waals surface area (Å²) in [6.07, 6.45) is 0. The molecule has 0 saturated heterocycles. The molecule has 170 valence electrons. The van der Waals surface area contributed by atoms with Crippen LogP contribution in [0.25, 0.3) is 0 Å². The van der Waals surface area contributed by atoms with Crippen LogP contribution in [0.2, 0.25) is 0 Å². The van der Waals surface area contributed by atoms with Gasteiger partial charge in [-0.05, 0) is 84.9 Å². The van der Waals surface area contributed by atoms with Gasteiger partial charge in [0, 0.05) is 29.2 Å². The fourth-order valence-electron chi connectivity index (χ4n) is 3.33. The van der Waals surface area contributed by atoms with E-state index >= 15 is 0 Å². The number of ether oxygens (including phenoxy) is 2. The molecule has 0 unspecified atom stereocenters. The minimum absolute atomic E-state index is 0.0143. The minimum Gasteiger partial charge on any atom is -0.497 e. The minimum atomic E-state index is -0.447. The summed E-state index contributed by atoms with van der Waals surface area (Å²) in [5.74, 6) is 1.56. The second kappa shape index (κ2) is 10.3. The Kier molecular flexibility index (Phi) is 6.78. The van der Waals surface area contributed by atoms with Gasteiger partial charge in [0.2, 0.25) is 0 Å². The largest absolute Gasteiger partial charge is 0.497 e. The molecule has 8 heteroatoms. The monoisotopic (exact) mass is 454 g/mol. The third-order valence-electron chi connectivity index (χ3n) is 5.11. The third-order valence-corrected chi connectivity index (χ3v) is 5.11. The molecule has 0 heterocycles. The molecule has 0 saturated carbocycles. The normalized spacial score (nSPS) is 10.8. The van der Waals surface area contributed by atoms with E-state index in [1.807, 2.05) is 72.8 Å². The highest BCUT2D eigenvalue weighted by Crippen LogP contribution is 2.37. The highest BCUT2D eigenvalue weighted by Gasteiger charge is 2.13. The van der Waals surface area contributed by atoms with Gasteiger partial charge in [-0.3, -0.25) is 10.1 Å². The van der Waals surface area contributed by atoms with Crippen molar-refractivity contribution in [2.24, 2.45) is 10.2 Å². The lowest BCUT2D eigenvalue weighted by Crippen LogP contribution is -2.09. The zero-order chi connectivity index (χ0) is 23.9. The maximum absolute atomic E-state index is 10.8. The standard InChI is InChI=1S/C26H22N4O4/c1-33-25-15-11-22(12-16-25)29(23-13-17-26(34-2)18-14-23)21-7-3-19(4-8-21)27-28-20-5-9-24(10-6-20)30(31)32/h3-18H,1-2H3. The van der Waals surface area contributed by atoms with Crippen molar-refractivity contribution in [3.8, 4) is 11.5 Å². The summed E-state index contributed by atoms with van der Waals surface area (Å²) in [5.41, 5.74) is 4.07. The van der Waals surface area contributed by atoms with Crippen LogP contribution in [-0.2, 0) is 0 Å². The maximum Gasteiger partial charge on any atom is 0.269 e. The molecule has 0 fully saturated rings. The van der Waals surface area contributed by atoms with Gasteiger partial charge in [-0.1, -0.05) is 0 Å². The second-order valence-electron chi connectivity index (χ2n) is 7.22. The van der Waals surface area contributed by atoms with Crippen LogP contribution < -0.4 is 14.4 Å². The molecular formula is C26H22N4O4. The van der Waals surface area contributed by atoms with Gasteiger partial charge in [0.05, 0.1) is 30.5 Å². The molecule has 0 spiro atoms. The molecular weight excluding hydrogens is 432 g/mol. The number of azo groups is 1. The van der Waals surface area contributed by atoms with E-state index in [2.05, 4.69) is 15.1 Å². The first kappa shape index (κ1) is 22.5. The van der Waals surface area contributed by atoms with Gasteiger partial charge < -0.3 is 14.4 Å². The molecule has 34 heavy (non-hydrogen) atoms. The number of nitro benzene ring substituents is 1. The van der Waals surface area contributed by atoms with Gasteiger partial charge in [0.25, 0.3) is 5.69 Å². The molecule has 0 atom stereocenters. The molecule has 0 aliphatic heterocycles. The van der Waals surface area contributed by atoms with Crippen LogP contribution in [0.3, 0.4) is 0 Å². The molecule has 0 amide bonds. The highest BCUT2D eigenvalue weighted by atomic mass is 16.6. The van der Waals surface area contributed by atoms with Gasteiger partial charge >= 0.3 is 0 Å². The molecule has 0 radical (unpaired) electrons. The van der Waals surface area contributed by atoms with E-state index in [4.69, 9.17) is 9.47 Å². The number of nitrogens with zero attached hydrogens (tertiary/aromatic N) is 4. The summed E-state index contributed by atoms with van der Waals surface area (Å²) in [6.45, 7) is 0. The van der Waals surface area contributed by atoms with E-state index in [0.717, 1.165) is 28.6 Å². The average molecular weight is 454 g/mol. The SMILES string of the molecule is COc1ccc(N(c2ccc(N=Nc3ccc([N+](=O)[O-])cc3)cc2)c2ccc(OC)cc2)cc1. The van der Waals surface area contributed by atoms with Gasteiger partial charge in [-0.15, -0.1) is 0 Å². The quantitative estimate of drug-likeness (QED) is 0.156. The summed E-state index contributed by atoms with van der Waals surface area (Å²) >= 11 is 0. The Morgan fingerprint density at radius 2 is 0.971 bits per heavy atom. The highest BCUT2D eigenvalue weighted by molar-refractivity contribution is 5.77. The Hall–Kier alpha value is -4.72. The van der Waals surface area contributed by atoms with Gasteiger partial charge in [0.1, 0.15) is 11.5 Å². The summed E-state index contributed by atoms with van der Waals surface area (Å²) in [5, 5.41) is 19.2. The predicted molar refractivity (Wildman–Crippen MR) is 132 cm³/mol. The number of nitro groups is 1. The van der Waals surface area contributed by atoms with Crippen molar-refractivity contribution in [3.05, 3.63) is 107 Å². The van der Waals surface area contributed by atoms with E-state index < -0.39 is 4.92 Å². The van der Waals surface area contributed by atoms with Crippen molar-refractivity contribution in [3.63, 3.8) is 0 Å². The average Bonchev–Trinajstić information content (AvgIpc) is 2.89. The summed E-state index contributed by atoms with van der Waals surface area (Å²) in [6, 6.07) is 29.2. The first-order valence-corrected chi connectivity index (χ1v) is 10.4. The van der Waals surface area contributed by atoms with Crippen LogP contribution >= 0.6 is 0 Å². The summed E-state index contributed by atoms with van der Waals surface area (Å²) in [7, 11) is 3.28. The predicted octanol–water partition coefficient (Wildman–Crippen LogP) is 7.50. The van der Waals surface area contributed by atoms with Crippen molar-refractivity contribution >= 4 is 34.1 Å².